The van der Waals surface area contributed by atoms with E-state index in [0.29, 0.717) is 6.04 Å². The molecule has 0 aromatic carbocycles. The van der Waals surface area contributed by atoms with Gasteiger partial charge in [0.1, 0.15) is 0 Å². The Morgan fingerprint density at radius 3 is 2.64 bits per heavy atom. The minimum atomic E-state index is 0.630. The molecule has 0 radical (unpaired) electrons. The molecular formula is C10H19N. The molecule has 64 valence electrons. The molecule has 0 amide bonds. The molecule has 0 aromatic rings. The van der Waals surface area contributed by atoms with E-state index in [9.17, 15) is 0 Å². The summed E-state index contributed by atoms with van der Waals surface area (Å²) in [6.45, 7) is 4.23. The third-order valence-corrected chi connectivity index (χ3v) is 1.70. The van der Waals surface area contributed by atoms with E-state index < -0.39 is 0 Å². The van der Waals surface area contributed by atoms with E-state index in [2.05, 4.69) is 30.5 Å². The predicted molar refractivity (Wildman–Crippen MR) is 51.7 cm³/mol. The van der Waals surface area contributed by atoms with Gasteiger partial charge < -0.3 is 5.32 Å². The van der Waals surface area contributed by atoms with Crippen LogP contribution in [0.25, 0.3) is 0 Å². The molecule has 0 aliphatic rings. The Morgan fingerprint density at radius 1 is 1.36 bits per heavy atom. The zero-order valence-corrected chi connectivity index (χ0v) is 7.80. The third-order valence-electron chi connectivity index (χ3n) is 1.70. The van der Waals surface area contributed by atoms with E-state index >= 15 is 0 Å². The van der Waals surface area contributed by atoms with Crippen LogP contribution < -0.4 is 5.32 Å². The molecule has 0 spiro atoms. The smallest absolute Gasteiger partial charge is 0.00386 e. The molecular weight excluding hydrogens is 134 g/mol. The minimum Gasteiger partial charge on any atom is -0.317 e. The van der Waals surface area contributed by atoms with Crippen LogP contribution in [0.2, 0.25) is 0 Å². The van der Waals surface area contributed by atoms with Crippen LogP contribution in [0.3, 0.4) is 0 Å². The molecule has 1 heteroatoms. The van der Waals surface area contributed by atoms with Crippen LogP contribution in [-0.4, -0.2) is 13.1 Å². The fourth-order valence-electron chi connectivity index (χ4n) is 0.776. The first kappa shape index (κ1) is 10.4. The summed E-state index contributed by atoms with van der Waals surface area (Å²) >= 11 is 0. The Balaban J connectivity index is 3.26. The van der Waals surface area contributed by atoms with Crippen molar-refractivity contribution in [2.75, 3.05) is 7.05 Å². The zero-order chi connectivity index (χ0) is 8.53. The van der Waals surface area contributed by atoms with Crippen molar-refractivity contribution >= 4 is 0 Å². The number of rotatable bonds is 5. The Kier molecular flexibility index (Phi) is 7.16. The van der Waals surface area contributed by atoms with Crippen LogP contribution in [0.1, 0.15) is 26.7 Å². The van der Waals surface area contributed by atoms with Gasteiger partial charge in [-0.2, -0.15) is 0 Å². The van der Waals surface area contributed by atoms with Crippen molar-refractivity contribution in [1.29, 1.82) is 0 Å². The van der Waals surface area contributed by atoms with Gasteiger partial charge in [-0.1, -0.05) is 24.3 Å². The largest absolute Gasteiger partial charge is 0.317 e. The quantitative estimate of drug-likeness (QED) is 0.598. The maximum Gasteiger partial charge on any atom is 0.00386 e. The van der Waals surface area contributed by atoms with E-state index in [1.54, 1.807) is 0 Å². The van der Waals surface area contributed by atoms with Crippen molar-refractivity contribution in [1.82, 2.24) is 5.32 Å². The van der Waals surface area contributed by atoms with Crippen LogP contribution in [0.5, 0.6) is 0 Å². The fourth-order valence-corrected chi connectivity index (χ4v) is 0.776. The predicted octanol–water partition coefficient (Wildman–Crippen LogP) is 2.51. The van der Waals surface area contributed by atoms with Crippen LogP contribution >= 0.6 is 0 Å². The monoisotopic (exact) mass is 153 g/mol. The lowest BCUT2D eigenvalue weighted by Crippen LogP contribution is -2.20. The molecule has 1 nitrogen and oxygen atoms in total. The summed E-state index contributed by atoms with van der Waals surface area (Å²) in [5, 5.41) is 3.20. The highest BCUT2D eigenvalue weighted by Crippen LogP contribution is 1.96. The molecule has 1 atom stereocenters. The molecule has 1 N–H and O–H groups in total. The topological polar surface area (TPSA) is 12.0 Å². The molecule has 0 saturated carbocycles. The van der Waals surface area contributed by atoms with Crippen molar-refractivity contribution in [2.24, 2.45) is 0 Å². The average molecular weight is 153 g/mol. The van der Waals surface area contributed by atoms with Gasteiger partial charge >= 0.3 is 0 Å². The normalized spacial score (nSPS) is 14.8. The van der Waals surface area contributed by atoms with Gasteiger partial charge in [-0.05, 0) is 33.7 Å². The number of hydrogen-bond donors (Lipinski definition) is 1. The van der Waals surface area contributed by atoms with E-state index in [1.807, 2.05) is 20.0 Å². The second-order valence-corrected chi connectivity index (χ2v) is 2.72. The van der Waals surface area contributed by atoms with Crippen molar-refractivity contribution in [3.8, 4) is 0 Å². The van der Waals surface area contributed by atoms with Crippen LogP contribution in [0.4, 0.5) is 0 Å². The lowest BCUT2D eigenvalue weighted by atomic mass is 10.2. The van der Waals surface area contributed by atoms with Gasteiger partial charge in [0.05, 0.1) is 0 Å². The first-order chi connectivity index (χ1) is 5.31. The summed E-state index contributed by atoms with van der Waals surface area (Å²) in [6.07, 6.45) is 10.8. The van der Waals surface area contributed by atoms with Gasteiger partial charge in [0, 0.05) is 6.04 Å². The van der Waals surface area contributed by atoms with Gasteiger partial charge in [-0.15, -0.1) is 0 Å². The van der Waals surface area contributed by atoms with E-state index in [-0.39, 0.29) is 0 Å². The van der Waals surface area contributed by atoms with Crippen LogP contribution in [0, 0.1) is 0 Å². The van der Waals surface area contributed by atoms with Crippen LogP contribution in [0.15, 0.2) is 24.3 Å². The van der Waals surface area contributed by atoms with Gasteiger partial charge in [0.25, 0.3) is 0 Å². The number of hydrogen-bond acceptors (Lipinski definition) is 1. The molecule has 0 bridgehead atoms. The first-order valence-electron chi connectivity index (χ1n) is 4.26. The Morgan fingerprint density at radius 2 is 2.09 bits per heavy atom. The van der Waals surface area contributed by atoms with Gasteiger partial charge in [0.2, 0.25) is 0 Å². The van der Waals surface area contributed by atoms with E-state index in [0.717, 1.165) is 6.42 Å². The highest BCUT2D eigenvalue weighted by molar-refractivity contribution is 5.00. The maximum absolute atomic E-state index is 3.20. The Hall–Kier alpha value is -0.560. The summed E-state index contributed by atoms with van der Waals surface area (Å²) < 4.78 is 0. The molecule has 0 saturated heterocycles. The second-order valence-electron chi connectivity index (χ2n) is 2.72. The molecule has 0 rings (SSSR count). The summed E-state index contributed by atoms with van der Waals surface area (Å²) in [6, 6.07) is 0.630. The molecule has 0 aliphatic heterocycles. The van der Waals surface area contributed by atoms with E-state index in [4.69, 9.17) is 0 Å². The number of nitrogens with one attached hydrogen (secondary N) is 1. The number of allylic oxidation sites excluding steroid dienone is 4. The Labute approximate surface area is 70.2 Å². The first-order valence-corrected chi connectivity index (χ1v) is 4.26. The lowest BCUT2D eigenvalue weighted by molar-refractivity contribution is 0.571. The third kappa shape index (κ3) is 7.34. The average Bonchev–Trinajstić information content (AvgIpc) is 2.04. The summed E-state index contributed by atoms with van der Waals surface area (Å²) in [4.78, 5) is 0. The maximum atomic E-state index is 3.20. The fraction of sp³-hybridized carbons (Fsp3) is 0.600. The SMILES string of the molecule is C/C=C\C=C/CCC(C)NC. The van der Waals surface area contributed by atoms with Gasteiger partial charge in [0.15, 0.2) is 0 Å². The van der Waals surface area contributed by atoms with E-state index in [1.165, 1.54) is 6.42 Å². The van der Waals surface area contributed by atoms with Gasteiger partial charge in [-0.3, -0.25) is 0 Å². The molecule has 0 heterocycles. The van der Waals surface area contributed by atoms with Crippen LogP contribution in [-0.2, 0) is 0 Å². The summed E-state index contributed by atoms with van der Waals surface area (Å²) in [5.74, 6) is 0. The summed E-state index contributed by atoms with van der Waals surface area (Å²) in [7, 11) is 2.00. The Bertz CT molecular complexity index is 125. The highest BCUT2D eigenvalue weighted by Gasteiger charge is 1.92. The highest BCUT2D eigenvalue weighted by atomic mass is 14.8. The second kappa shape index (κ2) is 7.55. The molecule has 0 fully saturated rings. The summed E-state index contributed by atoms with van der Waals surface area (Å²) in [5.41, 5.74) is 0. The molecule has 11 heavy (non-hydrogen) atoms. The van der Waals surface area contributed by atoms with Crippen molar-refractivity contribution < 1.29 is 0 Å². The zero-order valence-electron chi connectivity index (χ0n) is 7.80. The van der Waals surface area contributed by atoms with Gasteiger partial charge in [-0.25, -0.2) is 0 Å². The van der Waals surface area contributed by atoms with Crippen molar-refractivity contribution in [2.45, 2.75) is 32.7 Å². The molecule has 1 unspecified atom stereocenters. The lowest BCUT2D eigenvalue weighted by Gasteiger charge is -2.06. The van der Waals surface area contributed by atoms with Crippen molar-refractivity contribution in [3.63, 3.8) is 0 Å². The van der Waals surface area contributed by atoms with Crippen molar-refractivity contribution in [3.05, 3.63) is 24.3 Å². The minimum absolute atomic E-state index is 0.630. The molecule has 0 aliphatic carbocycles. The standard InChI is InChI=1S/C10H19N/c1-4-5-6-7-8-9-10(2)11-3/h4-7,10-11H,8-9H2,1-3H3/b5-4-,7-6-. The molecule has 0 aromatic heterocycles.